The molecule has 0 amide bonds. The lowest BCUT2D eigenvalue weighted by molar-refractivity contribution is 0.261. The number of hydrogen-bond acceptors (Lipinski definition) is 4. The van der Waals surface area contributed by atoms with Crippen molar-refractivity contribution in [3.8, 4) is 5.75 Å². The van der Waals surface area contributed by atoms with Crippen LogP contribution in [0.25, 0.3) is 0 Å². The van der Waals surface area contributed by atoms with Gasteiger partial charge in [0.25, 0.3) is 0 Å². The Morgan fingerprint density at radius 3 is 2.52 bits per heavy atom. The van der Waals surface area contributed by atoms with E-state index in [1.165, 1.54) is 5.56 Å². The minimum Gasteiger partial charge on any atom is -0.497 e. The Labute approximate surface area is 149 Å². The average molecular weight is 360 g/mol. The molecule has 134 valence electrons. The fraction of sp³-hybridized carbons (Fsp3) is 0.368. The second-order valence-electron chi connectivity index (χ2n) is 6.18. The van der Waals surface area contributed by atoms with Gasteiger partial charge in [-0.1, -0.05) is 30.3 Å². The van der Waals surface area contributed by atoms with Gasteiger partial charge < -0.3 is 4.74 Å². The van der Waals surface area contributed by atoms with Gasteiger partial charge in [-0.05, 0) is 49.2 Å². The Balaban J connectivity index is 1.58. The highest BCUT2D eigenvalue weighted by Crippen LogP contribution is 2.32. The first-order valence-corrected chi connectivity index (χ1v) is 10.0. The molecule has 1 aliphatic heterocycles. The number of sulfonamides is 1. The highest BCUT2D eigenvalue weighted by molar-refractivity contribution is 7.89. The predicted molar refractivity (Wildman–Crippen MR) is 98.2 cm³/mol. The van der Waals surface area contributed by atoms with Gasteiger partial charge in [-0.25, -0.2) is 13.1 Å². The zero-order valence-corrected chi connectivity index (χ0v) is 15.2. The van der Waals surface area contributed by atoms with E-state index < -0.39 is 10.0 Å². The molecule has 0 spiro atoms. The van der Waals surface area contributed by atoms with Gasteiger partial charge in [0.05, 0.1) is 12.0 Å². The van der Waals surface area contributed by atoms with Crippen molar-refractivity contribution >= 4 is 10.0 Å². The number of ether oxygens (including phenoxy) is 1. The van der Waals surface area contributed by atoms with Crippen molar-refractivity contribution in [1.29, 1.82) is 0 Å². The molecule has 1 heterocycles. The summed E-state index contributed by atoms with van der Waals surface area (Å²) in [6.45, 7) is 2.09. The van der Waals surface area contributed by atoms with E-state index in [-0.39, 0.29) is 0 Å². The van der Waals surface area contributed by atoms with Gasteiger partial charge in [-0.3, -0.25) is 4.90 Å². The van der Waals surface area contributed by atoms with Crippen LogP contribution in [0.1, 0.15) is 24.4 Å². The standard InChI is InChI=1S/C19H24N2O3S/c1-24-17-11-9-16(10-12-17)19-8-5-14-21(19)15-13-20-25(22,23)18-6-3-2-4-7-18/h2-4,6-7,9-12,19-20H,5,8,13-15H2,1H3. The fourth-order valence-electron chi connectivity index (χ4n) is 3.30. The molecule has 2 aromatic rings. The van der Waals surface area contributed by atoms with Crippen molar-refractivity contribution in [2.45, 2.75) is 23.8 Å². The quantitative estimate of drug-likeness (QED) is 0.825. The van der Waals surface area contributed by atoms with Crippen molar-refractivity contribution in [2.24, 2.45) is 0 Å². The molecule has 0 aromatic heterocycles. The zero-order valence-electron chi connectivity index (χ0n) is 14.4. The number of benzene rings is 2. The van der Waals surface area contributed by atoms with Gasteiger partial charge >= 0.3 is 0 Å². The van der Waals surface area contributed by atoms with E-state index in [4.69, 9.17) is 4.74 Å². The van der Waals surface area contributed by atoms with Gasteiger partial charge in [0.1, 0.15) is 5.75 Å². The summed E-state index contributed by atoms with van der Waals surface area (Å²) in [6, 6.07) is 17.0. The molecule has 0 saturated carbocycles. The molecule has 1 atom stereocenters. The number of nitrogens with zero attached hydrogens (tertiary/aromatic N) is 1. The molecule has 25 heavy (non-hydrogen) atoms. The topological polar surface area (TPSA) is 58.6 Å². The lowest BCUT2D eigenvalue weighted by Crippen LogP contribution is -2.34. The highest BCUT2D eigenvalue weighted by atomic mass is 32.2. The van der Waals surface area contributed by atoms with Crippen molar-refractivity contribution in [3.05, 3.63) is 60.2 Å². The van der Waals surface area contributed by atoms with E-state index >= 15 is 0 Å². The first-order chi connectivity index (χ1) is 12.1. The largest absolute Gasteiger partial charge is 0.497 e. The number of rotatable bonds is 7. The van der Waals surface area contributed by atoms with Crippen LogP contribution < -0.4 is 9.46 Å². The molecule has 5 nitrogen and oxygen atoms in total. The van der Waals surface area contributed by atoms with E-state index in [2.05, 4.69) is 21.8 Å². The van der Waals surface area contributed by atoms with Crippen molar-refractivity contribution < 1.29 is 13.2 Å². The summed E-state index contributed by atoms with van der Waals surface area (Å²) in [6.07, 6.45) is 2.22. The average Bonchev–Trinajstić information content (AvgIpc) is 3.11. The van der Waals surface area contributed by atoms with Gasteiger partial charge in [0, 0.05) is 19.1 Å². The highest BCUT2D eigenvalue weighted by Gasteiger charge is 2.26. The maximum absolute atomic E-state index is 12.3. The monoisotopic (exact) mass is 360 g/mol. The molecule has 1 unspecified atom stereocenters. The number of nitrogens with one attached hydrogen (secondary N) is 1. The zero-order chi connectivity index (χ0) is 17.7. The molecular formula is C19H24N2O3S. The van der Waals surface area contributed by atoms with E-state index in [0.29, 0.717) is 24.0 Å². The molecule has 6 heteroatoms. The van der Waals surface area contributed by atoms with Crippen LogP contribution in [-0.4, -0.2) is 40.1 Å². The second-order valence-corrected chi connectivity index (χ2v) is 7.94. The van der Waals surface area contributed by atoms with Crippen LogP contribution in [0.4, 0.5) is 0 Å². The van der Waals surface area contributed by atoms with Crippen LogP contribution in [-0.2, 0) is 10.0 Å². The summed E-state index contributed by atoms with van der Waals surface area (Å²) in [5, 5.41) is 0. The fourth-order valence-corrected chi connectivity index (χ4v) is 4.35. The van der Waals surface area contributed by atoms with Crippen LogP contribution in [0, 0.1) is 0 Å². The summed E-state index contributed by atoms with van der Waals surface area (Å²) in [4.78, 5) is 2.65. The summed E-state index contributed by atoms with van der Waals surface area (Å²) >= 11 is 0. The Kier molecular flexibility index (Phi) is 5.73. The Morgan fingerprint density at radius 1 is 1.12 bits per heavy atom. The van der Waals surface area contributed by atoms with E-state index in [1.54, 1.807) is 31.4 Å². The summed E-state index contributed by atoms with van der Waals surface area (Å²) in [5.74, 6) is 0.851. The van der Waals surface area contributed by atoms with Crippen molar-refractivity contribution in [1.82, 2.24) is 9.62 Å². The minimum atomic E-state index is -3.44. The lowest BCUT2D eigenvalue weighted by Gasteiger charge is -2.25. The van der Waals surface area contributed by atoms with Gasteiger partial charge in [0.15, 0.2) is 0 Å². The van der Waals surface area contributed by atoms with Crippen molar-refractivity contribution in [2.75, 3.05) is 26.7 Å². The number of hydrogen-bond donors (Lipinski definition) is 1. The van der Waals surface area contributed by atoms with E-state index in [9.17, 15) is 8.42 Å². The Bertz CT molecular complexity index is 776. The number of likely N-dealkylation sites (tertiary alicyclic amines) is 1. The maximum Gasteiger partial charge on any atom is 0.240 e. The van der Waals surface area contributed by atoms with Crippen LogP contribution in [0.5, 0.6) is 5.75 Å². The van der Waals surface area contributed by atoms with E-state index in [1.807, 2.05) is 18.2 Å². The molecule has 1 N–H and O–H groups in total. The maximum atomic E-state index is 12.3. The normalized spacial score (nSPS) is 18.4. The predicted octanol–water partition coefficient (Wildman–Crippen LogP) is 2.81. The third-order valence-electron chi connectivity index (χ3n) is 4.61. The molecule has 0 aliphatic carbocycles. The lowest BCUT2D eigenvalue weighted by atomic mass is 10.0. The smallest absolute Gasteiger partial charge is 0.240 e. The third-order valence-corrected chi connectivity index (χ3v) is 6.09. The molecule has 2 aromatic carbocycles. The van der Waals surface area contributed by atoms with Crippen molar-refractivity contribution in [3.63, 3.8) is 0 Å². The SMILES string of the molecule is COc1ccc(C2CCCN2CCNS(=O)(=O)c2ccccc2)cc1. The van der Waals surface area contributed by atoms with Gasteiger partial charge in [-0.15, -0.1) is 0 Å². The van der Waals surface area contributed by atoms with E-state index in [0.717, 1.165) is 25.1 Å². The molecule has 3 rings (SSSR count). The van der Waals surface area contributed by atoms with Gasteiger partial charge in [-0.2, -0.15) is 0 Å². The Hall–Kier alpha value is -1.89. The van der Waals surface area contributed by atoms with Crippen LogP contribution in [0.15, 0.2) is 59.5 Å². The summed E-state index contributed by atoms with van der Waals surface area (Å²) in [5.41, 5.74) is 1.25. The minimum absolute atomic E-state index is 0.308. The molecule has 1 fully saturated rings. The molecular weight excluding hydrogens is 336 g/mol. The molecule has 0 radical (unpaired) electrons. The van der Waals surface area contributed by atoms with Crippen LogP contribution >= 0.6 is 0 Å². The summed E-state index contributed by atoms with van der Waals surface area (Å²) in [7, 11) is -1.77. The second kappa shape index (κ2) is 7.99. The first kappa shape index (κ1) is 17.9. The first-order valence-electron chi connectivity index (χ1n) is 8.53. The van der Waals surface area contributed by atoms with Gasteiger partial charge in [0.2, 0.25) is 10.0 Å². The molecule has 0 bridgehead atoms. The Morgan fingerprint density at radius 2 is 1.84 bits per heavy atom. The third kappa shape index (κ3) is 4.39. The van der Waals surface area contributed by atoms with Crippen LogP contribution in [0.3, 0.4) is 0 Å². The molecule has 1 saturated heterocycles. The summed E-state index contributed by atoms with van der Waals surface area (Å²) < 4.78 is 32.5. The van der Waals surface area contributed by atoms with Crippen LogP contribution in [0.2, 0.25) is 0 Å². The molecule has 1 aliphatic rings. The number of methoxy groups -OCH3 is 1.